The molecule has 0 aromatic heterocycles. The second-order valence-corrected chi connectivity index (χ2v) is 2.94. The molecule has 3 atom stereocenters. The van der Waals surface area contributed by atoms with E-state index in [1.807, 2.05) is 6.92 Å². The third kappa shape index (κ3) is 2.45. The first kappa shape index (κ1) is 10.1. The Morgan fingerprint density at radius 3 is 2.77 bits per heavy atom. The van der Waals surface area contributed by atoms with E-state index in [0.717, 1.165) is 0 Å². The van der Waals surface area contributed by atoms with Crippen molar-refractivity contribution < 1.29 is 19.0 Å². The molecule has 4 nitrogen and oxygen atoms in total. The van der Waals surface area contributed by atoms with Gasteiger partial charge in [0.05, 0.1) is 6.26 Å². The number of ether oxygens (including phenoxy) is 3. The summed E-state index contributed by atoms with van der Waals surface area (Å²) >= 11 is 0. The number of hydrogen-bond acceptors (Lipinski definition) is 4. The van der Waals surface area contributed by atoms with Crippen LogP contribution in [0, 0.1) is 0 Å². The molecule has 0 fully saturated rings. The van der Waals surface area contributed by atoms with E-state index in [1.165, 1.54) is 6.92 Å². The fraction of sp³-hybridized carbons (Fsp3) is 0.667. The Bertz CT molecular complexity index is 212. The van der Waals surface area contributed by atoms with Crippen molar-refractivity contribution in [2.75, 3.05) is 7.11 Å². The lowest BCUT2D eigenvalue weighted by Crippen LogP contribution is -2.42. The molecule has 1 rings (SSSR count). The van der Waals surface area contributed by atoms with E-state index >= 15 is 0 Å². The summed E-state index contributed by atoms with van der Waals surface area (Å²) in [5, 5.41) is 0. The van der Waals surface area contributed by atoms with Gasteiger partial charge in [0.1, 0.15) is 12.2 Å². The van der Waals surface area contributed by atoms with Gasteiger partial charge in [-0.05, 0) is 13.0 Å². The van der Waals surface area contributed by atoms with Crippen molar-refractivity contribution >= 4 is 5.97 Å². The van der Waals surface area contributed by atoms with Crippen molar-refractivity contribution in [2.24, 2.45) is 0 Å². The Morgan fingerprint density at radius 1 is 1.54 bits per heavy atom. The van der Waals surface area contributed by atoms with Gasteiger partial charge in [-0.15, -0.1) is 0 Å². The van der Waals surface area contributed by atoms with E-state index in [9.17, 15) is 4.79 Å². The summed E-state index contributed by atoms with van der Waals surface area (Å²) in [6.45, 7) is 3.21. The van der Waals surface area contributed by atoms with E-state index in [0.29, 0.717) is 0 Å². The molecule has 0 aliphatic carbocycles. The molecular formula is C9H14O4. The molecule has 74 valence electrons. The van der Waals surface area contributed by atoms with Gasteiger partial charge in [-0.3, -0.25) is 4.79 Å². The van der Waals surface area contributed by atoms with Gasteiger partial charge in [-0.1, -0.05) is 0 Å². The van der Waals surface area contributed by atoms with E-state index < -0.39 is 0 Å². The molecule has 0 aromatic carbocycles. The molecule has 1 aliphatic rings. The molecule has 0 saturated carbocycles. The van der Waals surface area contributed by atoms with E-state index in [1.54, 1.807) is 19.4 Å². The van der Waals surface area contributed by atoms with Crippen LogP contribution < -0.4 is 0 Å². The van der Waals surface area contributed by atoms with Crippen LogP contribution in [0.5, 0.6) is 0 Å². The van der Waals surface area contributed by atoms with Crippen LogP contribution in [0.15, 0.2) is 12.3 Å². The van der Waals surface area contributed by atoms with E-state index in [2.05, 4.69) is 0 Å². The predicted molar refractivity (Wildman–Crippen MR) is 46.0 cm³/mol. The Balaban J connectivity index is 2.65. The number of rotatable bonds is 2. The van der Waals surface area contributed by atoms with Crippen LogP contribution in [-0.4, -0.2) is 31.4 Å². The van der Waals surface area contributed by atoms with Crippen LogP contribution >= 0.6 is 0 Å². The summed E-state index contributed by atoms with van der Waals surface area (Å²) in [5.41, 5.74) is 0. The van der Waals surface area contributed by atoms with Gasteiger partial charge in [0.15, 0.2) is 6.10 Å². The Hall–Kier alpha value is -1.03. The monoisotopic (exact) mass is 186 g/mol. The molecule has 0 aromatic rings. The van der Waals surface area contributed by atoms with Crippen LogP contribution in [0.2, 0.25) is 0 Å². The number of methoxy groups -OCH3 is 1. The molecule has 1 aliphatic heterocycles. The zero-order valence-electron chi connectivity index (χ0n) is 8.02. The minimum Gasteiger partial charge on any atom is -0.495 e. The SMILES string of the molecule is CO[C@H]1C=CO[C@@H](C)[C@@H]1OC(C)=O. The summed E-state index contributed by atoms with van der Waals surface area (Å²) in [6.07, 6.45) is 2.56. The highest BCUT2D eigenvalue weighted by Gasteiger charge is 2.31. The van der Waals surface area contributed by atoms with Gasteiger partial charge >= 0.3 is 5.97 Å². The maximum absolute atomic E-state index is 10.8. The molecule has 0 saturated heterocycles. The molecule has 0 amide bonds. The van der Waals surface area contributed by atoms with Crippen molar-refractivity contribution in [3.05, 3.63) is 12.3 Å². The molecule has 0 unspecified atom stereocenters. The minimum absolute atomic E-state index is 0.168. The quantitative estimate of drug-likeness (QED) is 0.600. The number of hydrogen-bond donors (Lipinski definition) is 0. The van der Waals surface area contributed by atoms with Gasteiger partial charge in [-0.2, -0.15) is 0 Å². The maximum atomic E-state index is 10.8. The molecule has 0 spiro atoms. The average Bonchev–Trinajstić information content (AvgIpc) is 2.08. The Labute approximate surface area is 77.5 Å². The third-order valence-electron chi connectivity index (χ3n) is 1.92. The Kier molecular flexibility index (Phi) is 3.31. The highest BCUT2D eigenvalue weighted by atomic mass is 16.6. The van der Waals surface area contributed by atoms with E-state index in [-0.39, 0.29) is 24.3 Å². The van der Waals surface area contributed by atoms with Crippen molar-refractivity contribution in [3.63, 3.8) is 0 Å². The first-order valence-corrected chi connectivity index (χ1v) is 4.17. The zero-order chi connectivity index (χ0) is 9.84. The fourth-order valence-corrected chi connectivity index (χ4v) is 1.27. The zero-order valence-corrected chi connectivity index (χ0v) is 8.02. The van der Waals surface area contributed by atoms with Crippen LogP contribution in [0.25, 0.3) is 0 Å². The maximum Gasteiger partial charge on any atom is 0.303 e. The van der Waals surface area contributed by atoms with Crippen LogP contribution in [0.4, 0.5) is 0 Å². The standard InChI is InChI=1S/C9H14O4/c1-6-9(13-7(2)10)8(11-3)4-5-12-6/h4-6,8-9H,1-3H3/t6-,8-,9-/m0/s1. The highest BCUT2D eigenvalue weighted by molar-refractivity contribution is 5.66. The third-order valence-corrected chi connectivity index (χ3v) is 1.92. The fourth-order valence-electron chi connectivity index (χ4n) is 1.27. The highest BCUT2D eigenvalue weighted by Crippen LogP contribution is 2.17. The van der Waals surface area contributed by atoms with Crippen LogP contribution in [0.3, 0.4) is 0 Å². The topological polar surface area (TPSA) is 44.8 Å². The Morgan fingerprint density at radius 2 is 2.23 bits per heavy atom. The molecule has 0 N–H and O–H groups in total. The van der Waals surface area contributed by atoms with Gasteiger partial charge in [0.2, 0.25) is 0 Å². The second kappa shape index (κ2) is 4.28. The van der Waals surface area contributed by atoms with Crippen molar-refractivity contribution in [1.82, 2.24) is 0 Å². The van der Waals surface area contributed by atoms with Gasteiger partial charge in [0, 0.05) is 14.0 Å². The summed E-state index contributed by atoms with van der Waals surface area (Å²) in [6, 6.07) is 0. The first-order valence-electron chi connectivity index (χ1n) is 4.17. The van der Waals surface area contributed by atoms with Gasteiger partial charge < -0.3 is 14.2 Å². The lowest BCUT2D eigenvalue weighted by molar-refractivity contribution is -0.162. The van der Waals surface area contributed by atoms with Crippen molar-refractivity contribution in [1.29, 1.82) is 0 Å². The molecule has 0 bridgehead atoms. The summed E-state index contributed by atoms with van der Waals surface area (Å²) in [4.78, 5) is 10.8. The second-order valence-electron chi connectivity index (χ2n) is 2.94. The largest absolute Gasteiger partial charge is 0.495 e. The smallest absolute Gasteiger partial charge is 0.303 e. The first-order chi connectivity index (χ1) is 6.15. The summed E-state index contributed by atoms with van der Waals surface area (Å²) in [5.74, 6) is -0.321. The number of carbonyl (C=O) groups excluding carboxylic acids is 1. The summed E-state index contributed by atoms with van der Waals surface area (Å²) in [7, 11) is 1.57. The minimum atomic E-state index is -0.354. The van der Waals surface area contributed by atoms with Gasteiger partial charge in [0.25, 0.3) is 0 Å². The molecule has 0 radical (unpaired) electrons. The average molecular weight is 186 g/mol. The van der Waals surface area contributed by atoms with Gasteiger partial charge in [-0.25, -0.2) is 0 Å². The normalized spacial score (nSPS) is 32.4. The lowest BCUT2D eigenvalue weighted by atomic mass is 10.1. The predicted octanol–water partition coefficient (Wildman–Crippen LogP) is 0.865. The van der Waals surface area contributed by atoms with Crippen LogP contribution in [-0.2, 0) is 19.0 Å². The number of carbonyl (C=O) groups is 1. The van der Waals surface area contributed by atoms with E-state index in [4.69, 9.17) is 14.2 Å². The molecule has 13 heavy (non-hydrogen) atoms. The molecule has 1 heterocycles. The summed E-state index contributed by atoms with van der Waals surface area (Å²) < 4.78 is 15.4. The van der Waals surface area contributed by atoms with Crippen molar-refractivity contribution in [2.45, 2.75) is 32.2 Å². The molecule has 4 heteroatoms. The molecular weight excluding hydrogens is 172 g/mol. The lowest BCUT2D eigenvalue weighted by Gasteiger charge is -2.31. The number of esters is 1. The van der Waals surface area contributed by atoms with Crippen molar-refractivity contribution in [3.8, 4) is 0 Å². The van der Waals surface area contributed by atoms with Crippen LogP contribution in [0.1, 0.15) is 13.8 Å².